The van der Waals surface area contributed by atoms with E-state index in [1.807, 2.05) is 0 Å². The molecule has 0 saturated heterocycles. The van der Waals surface area contributed by atoms with Crippen molar-refractivity contribution in [3.63, 3.8) is 0 Å². The highest BCUT2D eigenvalue weighted by Crippen LogP contribution is 2.69. The van der Waals surface area contributed by atoms with Crippen LogP contribution in [0, 0.1) is 52.8 Å². The van der Waals surface area contributed by atoms with Crippen LogP contribution >= 0.6 is 0 Å². The van der Waals surface area contributed by atoms with Crippen molar-refractivity contribution in [2.24, 2.45) is 52.8 Å². The van der Waals surface area contributed by atoms with Crippen LogP contribution in [0.2, 0.25) is 0 Å². The average molecular weight is 1060 g/mol. The predicted molar refractivity (Wildman–Crippen MR) is 327 cm³/mol. The molecule has 14 rings (SSSR count). The molecule has 0 spiro atoms. The van der Waals surface area contributed by atoms with E-state index < -0.39 is 0 Å². The molecule has 1 aromatic carbocycles. The van der Waals surface area contributed by atoms with Crippen molar-refractivity contribution in [2.75, 3.05) is 4.90 Å². The number of allylic oxidation sites excluding steroid dienone is 14. The van der Waals surface area contributed by atoms with Crippen molar-refractivity contribution in [1.82, 2.24) is 4.90 Å². The summed E-state index contributed by atoms with van der Waals surface area (Å²) in [4.78, 5) is 5.97. The van der Waals surface area contributed by atoms with Gasteiger partial charge in [-0.1, -0.05) is 166 Å². The van der Waals surface area contributed by atoms with Crippen molar-refractivity contribution in [1.29, 1.82) is 0 Å². The van der Waals surface area contributed by atoms with Crippen LogP contribution in [0.15, 0.2) is 156 Å². The third kappa shape index (κ3) is 10.3. The summed E-state index contributed by atoms with van der Waals surface area (Å²) >= 11 is 0. The van der Waals surface area contributed by atoms with Gasteiger partial charge in [-0.2, -0.15) is 0 Å². The van der Waals surface area contributed by atoms with Gasteiger partial charge in [-0.25, -0.2) is 0 Å². The Hall–Kier alpha value is -4.12. The van der Waals surface area contributed by atoms with Gasteiger partial charge >= 0.3 is 0 Å². The summed E-state index contributed by atoms with van der Waals surface area (Å²) in [5.74, 6) is 5.52. The highest BCUT2D eigenvalue weighted by atomic mass is 16.5. The molecule has 1 heterocycles. The van der Waals surface area contributed by atoms with Crippen molar-refractivity contribution in [3.8, 4) is 0 Å². The lowest BCUT2D eigenvalue weighted by atomic mass is 9.56. The fraction of sp³-hybridized carbons (Fsp3) is 0.627. The minimum atomic E-state index is -0.00858. The summed E-state index contributed by atoms with van der Waals surface area (Å²) in [6.07, 6.45) is 80.8. The van der Waals surface area contributed by atoms with E-state index >= 15 is 0 Å². The molecule has 4 nitrogen and oxygen atoms in total. The van der Waals surface area contributed by atoms with E-state index in [-0.39, 0.29) is 17.6 Å². The third-order valence-electron chi connectivity index (χ3n) is 23.7. The van der Waals surface area contributed by atoms with E-state index in [1.165, 1.54) is 160 Å². The largest absolute Gasteiger partial charge is 0.371 e. The Morgan fingerprint density at radius 1 is 0.646 bits per heavy atom. The van der Waals surface area contributed by atoms with Crippen LogP contribution in [-0.2, 0) is 9.47 Å². The van der Waals surface area contributed by atoms with Gasteiger partial charge in [0.25, 0.3) is 0 Å². The topological polar surface area (TPSA) is 24.9 Å². The van der Waals surface area contributed by atoms with E-state index in [1.54, 1.807) is 33.7 Å². The number of fused-ring (bicyclic) bond motifs is 6. The molecule has 13 atom stereocenters. The Morgan fingerprint density at radius 3 is 2.27 bits per heavy atom. The Labute approximate surface area is 478 Å². The van der Waals surface area contributed by atoms with Crippen LogP contribution in [0.25, 0.3) is 0 Å². The van der Waals surface area contributed by atoms with E-state index in [9.17, 15) is 0 Å². The van der Waals surface area contributed by atoms with Crippen molar-refractivity contribution in [3.05, 3.63) is 162 Å². The molecule has 0 N–H and O–H groups in total. The molecule has 13 aliphatic rings. The molecule has 5 fully saturated rings. The molecule has 0 amide bonds. The Balaban J connectivity index is 0.799. The third-order valence-corrected chi connectivity index (χ3v) is 23.7. The summed E-state index contributed by atoms with van der Waals surface area (Å²) in [5.41, 5.74) is 11.5. The first kappa shape index (κ1) is 52.9. The quantitative estimate of drug-likeness (QED) is 0.184. The molecule has 0 bridgehead atoms. The smallest absolute Gasteiger partial charge is 0.0797 e. The summed E-state index contributed by atoms with van der Waals surface area (Å²) in [5, 5.41) is 0. The van der Waals surface area contributed by atoms with Gasteiger partial charge in [-0.3, -0.25) is 0 Å². The number of anilines is 1. The normalized spacial score (nSPS) is 39.3. The first-order chi connectivity index (χ1) is 39.1. The first-order valence-corrected chi connectivity index (χ1v) is 33.6. The number of para-hydroxylation sites is 1. The van der Waals surface area contributed by atoms with Crippen LogP contribution in [0.1, 0.15) is 204 Å². The molecule has 79 heavy (non-hydrogen) atoms. The molecular formula is C75H98N2O2. The standard InChI is InChI=1S/C75H98N2O2/c1-2-52-30-42-62(43-31-52)79-64-46-37-57(38-47-64)75(56-35-44-63(45-36-56)78-61-22-10-5-11-23-61)70-27-15-12-25-66(70)67-48-41-60(51-71(67)75)76(72-28-16-13-24-65(72)54-18-6-3-7-19-54)59-39-32-53(33-40-59)55-34-49-74-69(50-55)68-26-14-17-29-73(68)77(74)58-20-8-4-9-21-58/h2,4,8,13-14,16-17,26,28-30,35-37,41-42,44,48,50-54,58-59,61-67,69-71,74H,1,3,5-7,9-12,15,18-25,27,31-34,38-40,43,45-47,49H2. The van der Waals surface area contributed by atoms with Crippen LogP contribution < -0.4 is 4.90 Å². The van der Waals surface area contributed by atoms with Gasteiger partial charge in [0.05, 0.1) is 24.4 Å². The molecule has 1 aliphatic heterocycles. The fourth-order valence-corrected chi connectivity index (χ4v) is 20.0. The fourth-order valence-electron chi connectivity index (χ4n) is 20.0. The number of rotatable bonds is 13. The van der Waals surface area contributed by atoms with E-state index in [4.69, 9.17) is 9.47 Å². The maximum absolute atomic E-state index is 7.00. The number of nitrogens with zero attached hydrogens (tertiary/aromatic N) is 2. The van der Waals surface area contributed by atoms with Crippen LogP contribution in [0.5, 0.6) is 0 Å². The highest BCUT2D eigenvalue weighted by molar-refractivity contribution is 5.65. The van der Waals surface area contributed by atoms with E-state index in [2.05, 4.69) is 138 Å². The number of ether oxygens (including phenoxy) is 2. The van der Waals surface area contributed by atoms with Gasteiger partial charge in [0.1, 0.15) is 0 Å². The van der Waals surface area contributed by atoms with E-state index in [0.29, 0.717) is 71.8 Å². The second kappa shape index (κ2) is 23.6. The molecule has 0 radical (unpaired) electrons. The highest BCUT2D eigenvalue weighted by Gasteiger charge is 2.62. The maximum Gasteiger partial charge on any atom is 0.0797 e. The molecule has 420 valence electrons. The lowest BCUT2D eigenvalue weighted by Gasteiger charge is -2.49. The van der Waals surface area contributed by atoms with E-state index in [0.717, 1.165) is 50.4 Å². The van der Waals surface area contributed by atoms with Crippen molar-refractivity contribution < 1.29 is 9.47 Å². The molecule has 5 saturated carbocycles. The molecular weight excluding hydrogens is 961 g/mol. The Kier molecular flexibility index (Phi) is 15.8. The summed E-state index contributed by atoms with van der Waals surface area (Å²) in [6, 6.07) is 11.3. The second-order valence-electron chi connectivity index (χ2n) is 27.7. The van der Waals surface area contributed by atoms with Crippen molar-refractivity contribution >= 4 is 5.69 Å². The minimum absolute atomic E-state index is 0.00858. The summed E-state index contributed by atoms with van der Waals surface area (Å²) < 4.78 is 14.0. The zero-order valence-corrected chi connectivity index (χ0v) is 48.4. The Bertz CT molecular complexity index is 2670. The lowest BCUT2D eigenvalue weighted by molar-refractivity contribution is -0.00672. The molecule has 12 aliphatic carbocycles. The van der Waals surface area contributed by atoms with Gasteiger partial charge < -0.3 is 19.3 Å². The van der Waals surface area contributed by atoms with Crippen molar-refractivity contribution in [2.45, 2.75) is 241 Å². The molecule has 1 aromatic rings. The molecule has 13 unspecified atom stereocenters. The van der Waals surface area contributed by atoms with Gasteiger partial charge in [0, 0.05) is 52.5 Å². The van der Waals surface area contributed by atoms with Gasteiger partial charge in [-0.15, -0.1) is 6.58 Å². The Morgan fingerprint density at radius 2 is 1.48 bits per heavy atom. The minimum Gasteiger partial charge on any atom is -0.371 e. The predicted octanol–water partition coefficient (Wildman–Crippen LogP) is 18.8. The van der Waals surface area contributed by atoms with Crippen LogP contribution in [-0.4, -0.2) is 47.4 Å². The average Bonchev–Trinajstić information content (AvgIpc) is 3.67. The zero-order valence-electron chi connectivity index (χ0n) is 48.4. The number of benzene rings is 1. The lowest BCUT2D eigenvalue weighted by Crippen LogP contribution is -2.44. The summed E-state index contributed by atoms with van der Waals surface area (Å²) in [6.45, 7) is 4.10. The van der Waals surface area contributed by atoms with Gasteiger partial charge in [0.15, 0.2) is 0 Å². The summed E-state index contributed by atoms with van der Waals surface area (Å²) in [7, 11) is 0. The molecule has 4 heteroatoms. The van der Waals surface area contributed by atoms with Gasteiger partial charge in [-0.05, 0) is 212 Å². The zero-order chi connectivity index (χ0) is 52.7. The van der Waals surface area contributed by atoms with Gasteiger partial charge in [0.2, 0.25) is 0 Å². The van der Waals surface area contributed by atoms with Crippen LogP contribution in [0.4, 0.5) is 5.69 Å². The monoisotopic (exact) mass is 1060 g/mol. The SMILES string of the molecule is C=CC1C=CC(OC2CC=C(C3(C4=CCC(OC5CCCCC5)C=C4)C4C=C(N(C5=CC=CCC5C5CCCCC5)C5CCC(C6=CC7c8ccccc8N(C8CC=CCC8)C7CC6)CC5)C=CC4C4CCCCC43)CC2)CC1. The number of hydrogen-bond acceptors (Lipinski definition) is 4. The molecule has 0 aromatic heterocycles. The maximum atomic E-state index is 7.00. The first-order valence-electron chi connectivity index (χ1n) is 33.6. The number of hydrogen-bond donors (Lipinski definition) is 0. The van der Waals surface area contributed by atoms with Crippen LogP contribution in [0.3, 0.4) is 0 Å². The second-order valence-corrected chi connectivity index (χ2v) is 27.7.